The number of rotatable bonds is 2. The summed E-state index contributed by atoms with van der Waals surface area (Å²) in [4.78, 5) is -0.129. The molecule has 0 fully saturated rings. The van der Waals surface area contributed by atoms with Crippen molar-refractivity contribution >= 4 is 19.7 Å². The average molecular weight is 209 g/mol. The van der Waals surface area contributed by atoms with E-state index in [4.69, 9.17) is 10.7 Å². The highest BCUT2D eigenvalue weighted by molar-refractivity contribution is 8.13. The molecule has 5 nitrogen and oxygen atoms in total. The standard InChI is InChI=1S/C5H5ClN2O3S/c1-11-5-2-4(3-7-8-5)12(6,9)10/h2-3H,1H3. The number of halogens is 1. The lowest BCUT2D eigenvalue weighted by Gasteiger charge is -1.97. The summed E-state index contributed by atoms with van der Waals surface area (Å²) in [7, 11) is 2.65. The maximum Gasteiger partial charge on any atom is 0.263 e. The molecule has 1 aromatic rings. The van der Waals surface area contributed by atoms with E-state index in [0.717, 1.165) is 6.20 Å². The molecule has 0 N–H and O–H groups in total. The van der Waals surface area contributed by atoms with E-state index < -0.39 is 9.05 Å². The Hall–Kier alpha value is -0.880. The summed E-state index contributed by atoms with van der Waals surface area (Å²) in [6.45, 7) is 0. The molecule has 0 aliphatic heterocycles. The Morgan fingerprint density at radius 1 is 1.58 bits per heavy atom. The van der Waals surface area contributed by atoms with E-state index in [2.05, 4.69) is 14.9 Å². The summed E-state index contributed by atoms with van der Waals surface area (Å²) in [5.74, 6) is 0.108. The van der Waals surface area contributed by atoms with Gasteiger partial charge in [0.1, 0.15) is 4.90 Å². The molecule has 0 saturated carbocycles. The van der Waals surface area contributed by atoms with Gasteiger partial charge in [-0.3, -0.25) is 0 Å². The first-order valence-corrected chi connectivity index (χ1v) is 5.16. The lowest BCUT2D eigenvalue weighted by molar-refractivity contribution is 0.390. The molecule has 0 radical (unpaired) electrons. The maximum atomic E-state index is 10.7. The second-order valence-corrected chi connectivity index (χ2v) is 4.44. The minimum Gasteiger partial charge on any atom is -0.480 e. The molecule has 0 unspecified atom stereocenters. The normalized spacial score (nSPS) is 11.2. The summed E-state index contributed by atoms with van der Waals surface area (Å²) in [6.07, 6.45) is 1.05. The van der Waals surface area contributed by atoms with Gasteiger partial charge in [0.15, 0.2) is 0 Å². The van der Waals surface area contributed by atoms with Crippen molar-refractivity contribution in [2.75, 3.05) is 7.11 Å². The van der Waals surface area contributed by atoms with Crippen molar-refractivity contribution in [1.82, 2.24) is 10.2 Å². The summed E-state index contributed by atoms with van der Waals surface area (Å²) >= 11 is 0. The van der Waals surface area contributed by atoms with Gasteiger partial charge in [-0.15, -0.1) is 5.10 Å². The lowest BCUT2D eigenvalue weighted by Crippen LogP contribution is -1.96. The second kappa shape index (κ2) is 3.24. The van der Waals surface area contributed by atoms with Gasteiger partial charge in [-0.25, -0.2) is 8.42 Å². The van der Waals surface area contributed by atoms with Gasteiger partial charge < -0.3 is 4.74 Å². The van der Waals surface area contributed by atoms with Crippen LogP contribution in [0.15, 0.2) is 17.2 Å². The van der Waals surface area contributed by atoms with Crippen molar-refractivity contribution in [2.24, 2.45) is 0 Å². The number of hydrogen-bond donors (Lipinski definition) is 0. The molecule has 0 saturated heterocycles. The average Bonchev–Trinajstić information content (AvgIpc) is 2.03. The van der Waals surface area contributed by atoms with Gasteiger partial charge in [-0.05, 0) is 0 Å². The van der Waals surface area contributed by atoms with Crippen molar-refractivity contribution in [2.45, 2.75) is 4.90 Å². The van der Waals surface area contributed by atoms with Crippen molar-refractivity contribution in [3.8, 4) is 5.88 Å². The van der Waals surface area contributed by atoms with Crippen LogP contribution in [-0.2, 0) is 9.05 Å². The molecule has 7 heteroatoms. The fraction of sp³-hybridized carbons (Fsp3) is 0.200. The molecular formula is C5H5ClN2O3S. The molecule has 1 aromatic heterocycles. The van der Waals surface area contributed by atoms with Gasteiger partial charge in [-0.2, -0.15) is 5.10 Å². The van der Waals surface area contributed by atoms with E-state index in [1.165, 1.54) is 13.2 Å². The summed E-state index contributed by atoms with van der Waals surface area (Å²) in [5.41, 5.74) is 0. The third-order valence-electron chi connectivity index (χ3n) is 1.10. The smallest absolute Gasteiger partial charge is 0.263 e. The molecule has 1 heterocycles. The number of hydrogen-bond acceptors (Lipinski definition) is 5. The minimum atomic E-state index is -3.75. The van der Waals surface area contributed by atoms with Crippen LogP contribution in [0.5, 0.6) is 5.88 Å². The third kappa shape index (κ3) is 2.05. The second-order valence-electron chi connectivity index (χ2n) is 1.87. The summed E-state index contributed by atoms with van der Waals surface area (Å²) in [6, 6.07) is 1.19. The Kier molecular flexibility index (Phi) is 2.49. The van der Waals surface area contributed by atoms with E-state index in [1.54, 1.807) is 0 Å². The molecule has 0 atom stereocenters. The van der Waals surface area contributed by atoms with Gasteiger partial charge in [0, 0.05) is 16.7 Å². The molecule has 0 aliphatic rings. The van der Waals surface area contributed by atoms with Crippen LogP contribution in [-0.4, -0.2) is 25.7 Å². The fourth-order valence-corrected chi connectivity index (χ4v) is 1.23. The SMILES string of the molecule is COc1cc(S(=O)(=O)Cl)cnn1. The van der Waals surface area contributed by atoms with Crippen LogP contribution >= 0.6 is 10.7 Å². The van der Waals surface area contributed by atoms with Gasteiger partial charge >= 0.3 is 0 Å². The molecule has 66 valence electrons. The van der Waals surface area contributed by atoms with E-state index in [0.29, 0.717) is 0 Å². The summed E-state index contributed by atoms with van der Waals surface area (Å²) < 4.78 is 26.1. The number of aromatic nitrogens is 2. The third-order valence-corrected chi connectivity index (χ3v) is 2.42. The van der Waals surface area contributed by atoms with Gasteiger partial charge in [-0.1, -0.05) is 0 Å². The van der Waals surface area contributed by atoms with Gasteiger partial charge in [0.2, 0.25) is 5.88 Å². The Morgan fingerprint density at radius 3 is 2.75 bits per heavy atom. The van der Waals surface area contributed by atoms with E-state index >= 15 is 0 Å². The van der Waals surface area contributed by atoms with Crippen LogP contribution in [0.1, 0.15) is 0 Å². The van der Waals surface area contributed by atoms with Crippen molar-refractivity contribution in [1.29, 1.82) is 0 Å². The number of methoxy groups -OCH3 is 1. The number of nitrogens with zero attached hydrogens (tertiary/aromatic N) is 2. The van der Waals surface area contributed by atoms with Gasteiger partial charge in [0.05, 0.1) is 13.3 Å². The largest absolute Gasteiger partial charge is 0.480 e. The fourth-order valence-electron chi connectivity index (χ4n) is 0.564. The van der Waals surface area contributed by atoms with E-state index in [-0.39, 0.29) is 10.8 Å². The topological polar surface area (TPSA) is 69.2 Å². The zero-order chi connectivity index (χ0) is 9.19. The van der Waals surface area contributed by atoms with Gasteiger partial charge in [0.25, 0.3) is 9.05 Å². The molecule has 0 spiro atoms. The first-order chi connectivity index (χ1) is 5.54. The molecule has 0 aromatic carbocycles. The first-order valence-electron chi connectivity index (χ1n) is 2.85. The highest BCUT2D eigenvalue weighted by Gasteiger charge is 2.11. The Bertz CT molecular complexity index is 378. The van der Waals surface area contributed by atoms with Crippen LogP contribution in [0, 0.1) is 0 Å². The Morgan fingerprint density at radius 2 is 2.25 bits per heavy atom. The quantitative estimate of drug-likeness (QED) is 0.659. The summed E-state index contributed by atoms with van der Waals surface area (Å²) in [5, 5.41) is 6.86. The van der Waals surface area contributed by atoms with Crippen molar-refractivity contribution in [3.05, 3.63) is 12.3 Å². The zero-order valence-corrected chi connectivity index (χ0v) is 7.63. The van der Waals surface area contributed by atoms with Crippen molar-refractivity contribution in [3.63, 3.8) is 0 Å². The molecule has 0 bridgehead atoms. The Labute approximate surface area is 73.8 Å². The lowest BCUT2D eigenvalue weighted by atomic mass is 10.6. The van der Waals surface area contributed by atoms with E-state index in [1.807, 2.05) is 0 Å². The molecule has 12 heavy (non-hydrogen) atoms. The molecule has 0 aliphatic carbocycles. The van der Waals surface area contributed by atoms with Crippen LogP contribution < -0.4 is 4.74 Å². The highest BCUT2D eigenvalue weighted by atomic mass is 35.7. The van der Waals surface area contributed by atoms with Crippen LogP contribution in [0.3, 0.4) is 0 Å². The van der Waals surface area contributed by atoms with Crippen molar-refractivity contribution < 1.29 is 13.2 Å². The minimum absolute atomic E-state index is 0.108. The molecule has 0 amide bonds. The predicted molar refractivity (Wildman–Crippen MR) is 41.6 cm³/mol. The maximum absolute atomic E-state index is 10.7. The van der Waals surface area contributed by atoms with Crippen LogP contribution in [0.2, 0.25) is 0 Å². The van der Waals surface area contributed by atoms with E-state index in [9.17, 15) is 8.42 Å². The Balaban J connectivity index is 3.20. The zero-order valence-electron chi connectivity index (χ0n) is 6.06. The monoisotopic (exact) mass is 208 g/mol. The highest BCUT2D eigenvalue weighted by Crippen LogP contribution is 2.16. The first kappa shape index (κ1) is 9.21. The predicted octanol–water partition coefficient (Wildman–Crippen LogP) is 0.413. The number of ether oxygens (including phenoxy) is 1. The van der Waals surface area contributed by atoms with Crippen LogP contribution in [0.4, 0.5) is 0 Å². The molecular weight excluding hydrogens is 204 g/mol. The van der Waals surface area contributed by atoms with Crippen LogP contribution in [0.25, 0.3) is 0 Å². The molecule has 1 rings (SSSR count).